The summed E-state index contributed by atoms with van der Waals surface area (Å²) in [4.78, 5) is 28.6. The van der Waals surface area contributed by atoms with Crippen LogP contribution >= 0.6 is 0 Å². The molecule has 0 fully saturated rings. The molecule has 5 aromatic rings. The van der Waals surface area contributed by atoms with E-state index in [1.165, 1.54) is 16.7 Å². The fraction of sp³-hybridized carbons (Fsp3) is 0. The van der Waals surface area contributed by atoms with Crippen LogP contribution in [0.3, 0.4) is 0 Å². The van der Waals surface area contributed by atoms with Gasteiger partial charge in [0.2, 0.25) is 0 Å². The molecule has 0 radical (unpaired) electrons. The Hall–Kier alpha value is -4.58. The average Bonchev–Trinajstić information content (AvgIpc) is 2.83. The first-order valence-corrected chi connectivity index (χ1v) is 10.0. The number of non-ortho nitro benzene ring substituents is 1. The number of aromatic nitrogens is 2. The Kier molecular flexibility index (Phi) is 4.80. The second-order valence-electron chi connectivity index (χ2n) is 7.30. The molecule has 5 rings (SSSR count). The van der Waals surface area contributed by atoms with Crippen LogP contribution in [0.5, 0.6) is 0 Å². The maximum atomic E-state index is 13.3. The summed E-state index contributed by atoms with van der Waals surface area (Å²) in [5, 5.41) is 13.7. The highest BCUT2D eigenvalue weighted by molar-refractivity contribution is 5.92. The molecule has 0 saturated carbocycles. The van der Waals surface area contributed by atoms with Crippen molar-refractivity contribution in [3.8, 4) is 5.69 Å². The molecule has 4 aromatic carbocycles. The number of nitrogens with zero attached hydrogens (tertiary/aromatic N) is 3. The van der Waals surface area contributed by atoms with Gasteiger partial charge in [-0.3, -0.25) is 19.5 Å². The molecule has 0 aliphatic rings. The van der Waals surface area contributed by atoms with Crippen molar-refractivity contribution in [2.24, 2.45) is 0 Å². The summed E-state index contributed by atoms with van der Waals surface area (Å²) in [6.07, 6.45) is 3.73. The van der Waals surface area contributed by atoms with Gasteiger partial charge in [-0.05, 0) is 46.7 Å². The van der Waals surface area contributed by atoms with Crippen molar-refractivity contribution >= 4 is 39.5 Å². The summed E-state index contributed by atoms with van der Waals surface area (Å²) in [6, 6.07) is 27.2. The van der Waals surface area contributed by atoms with Crippen molar-refractivity contribution in [3.63, 3.8) is 0 Å². The third kappa shape index (κ3) is 3.44. The molecule has 0 unspecified atom stereocenters. The number of rotatable bonds is 4. The fourth-order valence-electron chi connectivity index (χ4n) is 3.79. The van der Waals surface area contributed by atoms with Crippen molar-refractivity contribution in [1.29, 1.82) is 0 Å². The van der Waals surface area contributed by atoms with E-state index in [4.69, 9.17) is 4.98 Å². The molecule has 1 heterocycles. The van der Waals surface area contributed by atoms with Crippen LogP contribution in [0.15, 0.2) is 95.8 Å². The number of nitro benzene ring substituents is 1. The lowest BCUT2D eigenvalue weighted by Crippen LogP contribution is -2.22. The minimum Gasteiger partial charge on any atom is -0.268 e. The Labute approximate surface area is 182 Å². The van der Waals surface area contributed by atoms with Crippen LogP contribution in [0, 0.1) is 10.1 Å². The SMILES string of the molecule is O=c1c2ccccc2nc(C=Cc2cccc3ccccc23)n1-c1ccc([N+](=O)[O-])cc1. The van der Waals surface area contributed by atoms with Gasteiger partial charge in [0, 0.05) is 12.1 Å². The van der Waals surface area contributed by atoms with Gasteiger partial charge in [0.15, 0.2) is 0 Å². The molecule has 0 N–H and O–H groups in total. The summed E-state index contributed by atoms with van der Waals surface area (Å²) in [5.74, 6) is 0.440. The van der Waals surface area contributed by atoms with Gasteiger partial charge in [0.25, 0.3) is 11.2 Å². The lowest BCUT2D eigenvalue weighted by atomic mass is 10.0. The van der Waals surface area contributed by atoms with Crippen LogP contribution in [0.2, 0.25) is 0 Å². The van der Waals surface area contributed by atoms with Crippen LogP contribution in [-0.2, 0) is 0 Å². The normalized spacial score (nSPS) is 11.4. The second-order valence-corrected chi connectivity index (χ2v) is 7.30. The predicted octanol–water partition coefficient (Wildman–Crippen LogP) is 5.62. The van der Waals surface area contributed by atoms with E-state index in [9.17, 15) is 14.9 Å². The van der Waals surface area contributed by atoms with Crippen molar-refractivity contribution in [3.05, 3.63) is 123 Å². The van der Waals surface area contributed by atoms with E-state index in [0.717, 1.165) is 16.3 Å². The Balaban J connectivity index is 1.71. The molecule has 1 aromatic heterocycles. The molecule has 6 heteroatoms. The average molecular weight is 419 g/mol. The second kappa shape index (κ2) is 7.92. The summed E-state index contributed by atoms with van der Waals surface area (Å²) in [7, 11) is 0. The molecular weight excluding hydrogens is 402 g/mol. The molecule has 154 valence electrons. The van der Waals surface area contributed by atoms with E-state index in [-0.39, 0.29) is 11.2 Å². The number of fused-ring (bicyclic) bond motifs is 2. The summed E-state index contributed by atoms with van der Waals surface area (Å²) < 4.78 is 1.48. The molecule has 0 spiro atoms. The van der Waals surface area contributed by atoms with Crippen LogP contribution < -0.4 is 5.56 Å². The van der Waals surface area contributed by atoms with E-state index < -0.39 is 4.92 Å². The molecule has 0 bridgehead atoms. The lowest BCUT2D eigenvalue weighted by Gasteiger charge is -2.11. The molecule has 0 aliphatic carbocycles. The first kappa shape index (κ1) is 19.4. The van der Waals surface area contributed by atoms with Crippen LogP contribution in [0.25, 0.3) is 39.5 Å². The van der Waals surface area contributed by atoms with E-state index in [0.29, 0.717) is 22.4 Å². The van der Waals surface area contributed by atoms with E-state index in [1.807, 2.05) is 54.6 Å². The van der Waals surface area contributed by atoms with E-state index in [2.05, 4.69) is 0 Å². The standard InChI is InChI=1S/C26H17N3O3/c30-26-23-10-3-4-11-24(23)27-25(28(26)20-13-15-21(16-14-20)29(31)32)17-12-19-8-5-7-18-6-1-2-9-22(18)19/h1-17H. The highest BCUT2D eigenvalue weighted by Gasteiger charge is 2.13. The summed E-state index contributed by atoms with van der Waals surface area (Å²) in [6.45, 7) is 0. The minimum atomic E-state index is -0.466. The third-order valence-electron chi connectivity index (χ3n) is 5.36. The maximum Gasteiger partial charge on any atom is 0.269 e. The fourth-order valence-corrected chi connectivity index (χ4v) is 3.79. The van der Waals surface area contributed by atoms with Crippen LogP contribution in [0.1, 0.15) is 11.4 Å². The van der Waals surface area contributed by atoms with E-state index >= 15 is 0 Å². The Morgan fingerprint density at radius 2 is 1.47 bits per heavy atom. The molecular formula is C26H17N3O3. The maximum absolute atomic E-state index is 13.3. The topological polar surface area (TPSA) is 78.0 Å². The monoisotopic (exact) mass is 419 g/mol. The van der Waals surface area contributed by atoms with Gasteiger partial charge in [-0.15, -0.1) is 0 Å². The first-order chi connectivity index (χ1) is 15.6. The van der Waals surface area contributed by atoms with Gasteiger partial charge in [-0.25, -0.2) is 4.98 Å². The number of hydrogen-bond donors (Lipinski definition) is 0. The van der Waals surface area contributed by atoms with Crippen LogP contribution in [0.4, 0.5) is 5.69 Å². The van der Waals surface area contributed by atoms with E-state index in [1.54, 1.807) is 36.4 Å². The predicted molar refractivity (Wildman–Crippen MR) is 127 cm³/mol. The van der Waals surface area contributed by atoms with Gasteiger partial charge in [0.05, 0.1) is 21.5 Å². The van der Waals surface area contributed by atoms with Gasteiger partial charge in [-0.2, -0.15) is 0 Å². The smallest absolute Gasteiger partial charge is 0.268 e. The van der Waals surface area contributed by atoms with Crippen LogP contribution in [-0.4, -0.2) is 14.5 Å². The lowest BCUT2D eigenvalue weighted by molar-refractivity contribution is -0.384. The first-order valence-electron chi connectivity index (χ1n) is 10.0. The summed E-state index contributed by atoms with van der Waals surface area (Å²) in [5.41, 5.74) is 1.83. The largest absolute Gasteiger partial charge is 0.269 e. The zero-order valence-corrected chi connectivity index (χ0v) is 16.9. The molecule has 0 aliphatic heterocycles. The zero-order chi connectivity index (χ0) is 22.1. The molecule has 32 heavy (non-hydrogen) atoms. The summed E-state index contributed by atoms with van der Waals surface area (Å²) >= 11 is 0. The number of benzene rings is 4. The van der Waals surface area contributed by atoms with Gasteiger partial charge < -0.3 is 0 Å². The van der Waals surface area contributed by atoms with Gasteiger partial charge in [0.1, 0.15) is 5.82 Å². The number of hydrogen-bond acceptors (Lipinski definition) is 4. The molecule has 0 atom stereocenters. The zero-order valence-electron chi connectivity index (χ0n) is 16.9. The molecule has 0 amide bonds. The van der Waals surface area contributed by atoms with Crippen molar-refractivity contribution in [2.45, 2.75) is 0 Å². The minimum absolute atomic E-state index is 0.0385. The van der Waals surface area contributed by atoms with Crippen molar-refractivity contribution in [2.75, 3.05) is 0 Å². The molecule has 6 nitrogen and oxygen atoms in total. The quantitative estimate of drug-likeness (QED) is 0.280. The molecule has 0 saturated heterocycles. The number of para-hydroxylation sites is 1. The Morgan fingerprint density at radius 1 is 0.781 bits per heavy atom. The highest BCUT2D eigenvalue weighted by Crippen LogP contribution is 2.22. The van der Waals surface area contributed by atoms with Gasteiger partial charge in [-0.1, -0.05) is 60.7 Å². The van der Waals surface area contributed by atoms with Gasteiger partial charge >= 0.3 is 0 Å². The Bertz CT molecular complexity index is 1560. The Morgan fingerprint density at radius 3 is 2.25 bits per heavy atom. The number of nitro groups is 1. The highest BCUT2D eigenvalue weighted by atomic mass is 16.6. The van der Waals surface area contributed by atoms with Crippen molar-refractivity contribution in [1.82, 2.24) is 9.55 Å². The third-order valence-corrected chi connectivity index (χ3v) is 5.36. The van der Waals surface area contributed by atoms with Crippen molar-refractivity contribution < 1.29 is 4.92 Å².